The molecule has 8 heterocycles. The number of carboxylic acids is 1. The maximum absolute atomic E-state index is 15.5. The van der Waals surface area contributed by atoms with Crippen molar-refractivity contribution in [3.8, 4) is 22.3 Å². The van der Waals surface area contributed by atoms with Gasteiger partial charge in [0.25, 0.3) is 41.4 Å². The molecule has 14 rings (SSSR count). The molecule has 2 aromatic heterocycles. The zero-order valence-corrected chi connectivity index (χ0v) is 68.2. The number of halogens is 8. The molecule has 0 radical (unpaired) electrons. The molecule has 30 nitrogen and oxygen atoms in total. The zero-order chi connectivity index (χ0) is 90.5. The van der Waals surface area contributed by atoms with Gasteiger partial charge in [0.15, 0.2) is 0 Å². The van der Waals surface area contributed by atoms with Gasteiger partial charge in [0, 0.05) is 123 Å². The number of nitrogens with one attached hydrogen (secondary N) is 8. The van der Waals surface area contributed by atoms with E-state index < -0.39 is 134 Å². The number of fused-ring (bicyclic) bond motifs is 2. The van der Waals surface area contributed by atoms with E-state index in [1.165, 1.54) is 30.3 Å². The minimum absolute atomic E-state index is 0.0120. The predicted octanol–water partition coefficient (Wildman–Crippen LogP) is 9.66. The van der Waals surface area contributed by atoms with Crippen LogP contribution in [0.5, 0.6) is 0 Å². The van der Waals surface area contributed by atoms with E-state index in [0.717, 1.165) is 52.5 Å². The number of amides is 11. The van der Waals surface area contributed by atoms with Crippen molar-refractivity contribution >= 4 is 99.4 Å². The number of piperazine rings is 2. The minimum atomic E-state index is -5.01. The number of likely N-dealkylation sites (N-methyl/N-ethyl adjacent to an activating group) is 2. The summed E-state index contributed by atoms with van der Waals surface area (Å²) in [7, 11) is 3.95. The first-order valence-electron chi connectivity index (χ1n) is 39.9. The Morgan fingerprint density at radius 2 is 0.928 bits per heavy atom. The fourth-order valence-corrected chi connectivity index (χ4v) is 15.8. The molecular weight excluding hydrogens is 1650 g/mol. The van der Waals surface area contributed by atoms with Gasteiger partial charge < -0.3 is 51.9 Å². The maximum atomic E-state index is 15.5. The van der Waals surface area contributed by atoms with Gasteiger partial charge in [-0.05, 0) is 182 Å². The van der Waals surface area contributed by atoms with Crippen LogP contribution in [0.1, 0.15) is 172 Å². The van der Waals surface area contributed by atoms with E-state index >= 15 is 4.39 Å². The quantitative estimate of drug-likeness (QED) is 0.0182. The summed E-state index contributed by atoms with van der Waals surface area (Å²) in [5.41, 5.74) is 2.48. The number of alkyl halides is 6. The number of anilines is 5. The Labute approximate surface area is 708 Å². The van der Waals surface area contributed by atoms with E-state index in [1.54, 1.807) is 48.5 Å². The molecule has 11 amide bonds. The first-order chi connectivity index (χ1) is 59.2. The van der Waals surface area contributed by atoms with Crippen LogP contribution in [0.25, 0.3) is 22.3 Å². The molecular formula is C87H87F8N15O15. The van der Waals surface area contributed by atoms with Gasteiger partial charge >= 0.3 is 18.3 Å². The molecule has 6 atom stereocenters. The van der Waals surface area contributed by atoms with E-state index in [4.69, 9.17) is 5.73 Å². The van der Waals surface area contributed by atoms with Gasteiger partial charge in [-0.25, -0.2) is 13.6 Å². The highest BCUT2D eigenvalue weighted by Gasteiger charge is 2.48. The molecule has 6 aliphatic heterocycles. The Kier molecular flexibility index (Phi) is 27.3. The average Bonchev–Trinajstić information content (AvgIpc) is 1.70. The van der Waals surface area contributed by atoms with Gasteiger partial charge in [0.05, 0.1) is 72.8 Å². The van der Waals surface area contributed by atoms with Crippen molar-refractivity contribution in [1.29, 1.82) is 0 Å². The number of H-pyrrole nitrogens is 2. The second-order valence-corrected chi connectivity index (χ2v) is 31.1. The third-order valence-electron chi connectivity index (χ3n) is 22.8. The van der Waals surface area contributed by atoms with Crippen molar-refractivity contribution in [2.24, 2.45) is 5.73 Å². The van der Waals surface area contributed by atoms with Crippen LogP contribution < -0.4 is 58.6 Å². The summed E-state index contributed by atoms with van der Waals surface area (Å²) in [6.45, 7) is 11.1. The molecule has 6 aliphatic rings. The van der Waals surface area contributed by atoms with Crippen LogP contribution in [0, 0.1) is 11.6 Å². The summed E-state index contributed by atoms with van der Waals surface area (Å²) in [6, 6.07) is 24.9. The van der Waals surface area contributed by atoms with Gasteiger partial charge in [0.1, 0.15) is 23.7 Å². The number of hydrogen-bond donors (Lipinski definition) is 10. The molecule has 125 heavy (non-hydrogen) atoms. The number of pyridine rings is 2. The lowest BCUT2D eigenvalue weighted by Gasteiger charge is -2.44. The number of carbonyl (C=O) groups excluding carboxylic acids is 11. The monoisotopic (exact) mass is 1730 g/mol. The second kappa shape index (κ2) is 37.6. The highest BCUT2D eigenvalue weighted by atomic mass is 19.4. The van der Waals surface area contributed by atoms with Crippen LogP contribution in [0.15, 0.2) is 143 Å². The lowest BCUT2D eigenvalue weighted by Crippen LogP contribution is -2.55. The molecule has 0 aliphatic carbocycles. The van der Waals surface area contributed by atoms with Gasteiger partial charge in [0.2, 0.25) is 34.7 Å². The fraction of sp³-hybridized carbons (Fsp3) is 0.333. The van der Waals surface area contributed by atoms with Gasteiger partial charge in [-0.1, -0.05) is 30.3 Å². The Morgan fingerprint density at radius 1 is 0.488 bits per heavy atom. The molecule has 4 saturated heterocycles. The molecule has 8 aromatic rings. The van der Waals surface area contributed by atoms with E-state index in [2.05, 4.69) is 51.7 Å². The molecule has 6 aromatic carbocycles. The number of nitrogens with zero attached hydrogens (tertiary/aromatic N) is 6. The number of aryl methyl sites for hydroxylation is 1. The number of imide groups is 4. The lowest BCUT2D eigenvalue weighted by molar-refractivity contribution is -0.138. The highest BCUT2D eigenvalue weighted by Crippen LogP contribution is 2.41. The molecule has 0 bridgehead atoms. The Hall–Kier alpha value is -13.6. The minimum Gasteiger partial charge on any atom is -0.478 e. The molecule has 0 saturated carbocycles. The summed E-state index contributed by atoms with van der Waals surface area (Å²) >= 11 is 0. The summed E-state index contributed by atoms with van der Waals surface area (Å²) in [5, 5.41) is 24.6. The number of aromatic carboxylic acids is 1. The zero-order valence-electron chi connectivity index (χ0n) is 68.2. The Morgan fingerprint density at radius 3 is 1.38 bits per heavy atom. The standard InChI is InChI=1S/C43H42F4N8O7.C27H26F4N4O4.C17H19N3O4/c1-22-20-54(21-23(2)53(22)3)33-11-9-24(17-32(33)51-39(59)28-19-50-36(57)18-29(28)43(45,46)47)27-16-25(8-10-30(27)44)38(58)49-15-5-14-48-31-7-4-6-26-37(31)42(62)55(41(26)61)34-12-13-35(56)52-40(34)60;1-14-12-35(13-15(2)34(14)3)23-7-5-16(18-8-17(26(38)39)4-6-21(18)28)9-22(23)33-25(37)19-11-32-24(36)10-20(19)27(29,30)31;18-9-2-1-4-10-5-3-6-11-14(10)17(24)20(16(11)23)12-7-8-13(21)19-15(12)22/h4,6-11,16-19,22-23,34,48H,5,12-15,20-21H2,1-3H3,(H,49,58)(H,50,57)(H,51,59)(H,52,56,60);4-11,14-15H,12-13H2,1-3H3,(H,32,36)(H,33,37)(H,38,39);3,5-6,12H,1-2,4,7-9,18H2,(H,19,21,22)/t22-,23+,34?;14-,15+;. The number of carbonyl (C=O) groups is 12. The number of aromatic amines is 2. The number of unbranched alkanes of at least 4 members (excludes halogenated alkanes) is 1. The smallest absolute Gasteiger partial charge is 0.417 e. The maximum Gasteiger partial charge on any atom is 0.417 e. The number of rotatable bonds is 21. The van der Waals surface area contributed by atoms with Crippen molar-refractivity contribution < 1.29 is 97.8 Å². The number of benzene rings is 6. The predicted molar refractivity (Wildman–Crippen MR) is 442 cm³/mol. The Balaban J connectivity index is 0.000000191. The molecule has 4 fully saturated rings. The SMILES string of the molecule is C[C@@H]1CN(c2ccc(-c3cc(C(=O)NCCCNc4cccc5c4C(=O)N(C4CCC(=O)NC4=O)C5=O)ccc3F)cc2NC(=O)c2c[nH]c(=O)cc2C(F)(F)F)C[C@H](C)N1C.C[C@@H]1CN(c2ccc(-c3cc(C(=O)O)ccc3F)cc2NC(=O)c2c[nH]c(=O)cc2C(F)(F)F)C[C@H](C)N1C.NCCCCc1cccc2c1C(=O)N(C1CCC(=O)NC1=O)C2=O. The molecule has 38 heteroatoms. The van der Waals surface area contributed by atoms with Crippen molar-refractivity contribution in [3.63, 3.8) is 0 Å². The van der Waals surface area contributed by atoms with Crippen LogP contribution >= 0.6 is 0 Å². The number of carboxylic acid groups (broad SMARTS) is 1. The Bertz CT molecular complexity index is 5780. The third-order valence-corrected chi connectivity index (χ3v) is 22.8. The molecule has 11 N–H and O–H groups in total. The number of nitrogens with two attached hydrogens (primary N) is 1. The summed E-state index contributed by atoms with van der Waals surface area (Å²) in [4.78, 5) is 189. The highest BCUT2D eigenvalue weighted by molar-refractivity contribution is 6.26. The number of piperidine rings is 2. The lowest BCUT2D eigenvalue weighted by atomic mass is 9.98. The van der Waals surface area contributed by atoms with Crippen LogP contribution in [0.3, 0.4) is 0 Å². The summed E-state index contributed by atoms with van der Waals surface area (Å²) in [6.07, 6.45) is -5.63. The third kappa shape index (κ3) is 19.9. The van der Waals surface area contributed by atoms with Crippen LogP contribution in [-0.2, 0) is 38.0 Å². The topological polar surface area (TPSA) is 408 Å². The molecule has 0 spiro atoms. The summed E-state index contributed by atoms with van der Waals surface area (Å²) in [5.74, 6) is -9.93. The fourth-order valence-electron chi connectivity index (χ4n) is 15.8. The average molecular weight is 1730 g/mol. The van der Waals surface area contributed by atoms with E-state index in [1.807, 2.05) is 57.7 Å². The number of aromatic nitrogens is 2. The second-order valence-electron chi connectivity index (χ2n) is 31.1. The van der Waals surface area contributed by atoms with Crippen molar-refractivity contribution in [2.45, 2.75) is 128 Å². The van der Waals surface area contributed by atoms with Gasteiger partial charge in [-0.15, -0.1) is 0 Å². The first-order valence-corrected chi connectivity index (χ1v) is 39.9. The van der Waals surface area contributed by atoms with E-state index in [9.17, 15) is 103 Å². The number of hydrogen-bond acceptors (Lipinski definition) is 20. The van der Waals surface area contributed by atoms with Crippen molar-refractivity contribution in [2.75, 3.05) is 85.7 Å². The van der Waals surface area contributed by atoms with Crippen molar-refractivity contribution in [3.05, 3.63) is 227 Å². The van der Waals surface area contributed by atoms with Crippen LogP contribution in [0.4, 0.5) is 63.6 Å². The normalized spacial score (nSPS) is 19.2. The van der Waals surface area contributed by atoms with Crippen molar-refractivity contribution in [1.82, 2.24) is 45.5 Å². The van der Waals surface area contributed by atoms with Crippen LogP contribution in [-0.4, -0.2) is 202 Å². The molecule has 2 unspecified atom stereocenters. The summed E-state index contributed by atoms with van der Waals surface area (Å²) < 4.78 is 113. The van der Waals surface area contributed by atoms with Crippen LogP contribution in [0.2, 0.25) is 0 Å². The van der Waals surface area contributed by atoms with Gasteiger partial charge in [-0.2, -0.15) is 26.3 Å². The van der Waals surface area contributed by atoms with Gasteiger partial charge in [-0.3, -0.25) is 92.6 Å². The van der Waals surface area contributed by atoms with E-state index in [0.29, 0.717) is 98.3 Å². The largest absolute Gasteiger partial charge is 0.478 e. The molecule has 656 valence electrons. The van der Waals surface area contributed by atoms with E-state index in [-0.39, 0.29) is 125 Å². The first kappa shape index (κ1) is 90.6.